The minimum atomic E-state index is -4.14. The zero-order chi connectivity index (χ0) is 17.3. The predicted molar refractivity (Wildman–Crippen MR) is 84.6 cm³/mol. The van der Waals surface area contributed by atoms with Crippen molar-refractivity contribution >= 4 is 14.0 Å². The highest BCUT2D eigenvalue weighted by atomic mass is 31.2. The van der Waals surface area contributed by atoms with Crippen molar-refractivity contribution in [3.05, 3.63) is 71.8 Å². The van der Waals surface area contributed by atoms with Gasteiger partial charge in [0.25, 0.3) is 0 Å². The third-order valence-corrected chi connectivity index (χ3v) is 3.98. The summed E-state index contributed by atoms with van der Waals surface area (Å²) in [5, 5.41) is 0. The monoisotopic (exact) mass is 352 g/mol. The maximum atomic E-state index is 12.6. The maximum Gasteiger partial charge on any atom is 0.540 e. The van der Waals surface area contributed by atoms with Crippen molar-refractivity contribution in [3.63, 3.8) is 0 Å². The van der Waals surface area contributed by atoms with Crippen LogP contribution in [0.5, 0.6) is 0 Å². The van der Waals surface area contributed by atoms with E-state index in [0.717, 1.165) is 18.2 Å². The van der Waals surface area contributed by atoms with Gasteiger partial charge in [0.2, 0.25) is 0 Å². The van der Waals surface area contributed by atoms with Gasteiger partial charge in [-0.15, -0.1) is 0 Å². The molecule has 0 saturated carbocycles. The van der Waals surface area contributed by atoms with Gasteiger partial charge in [-0.3, -0.25) is 9.05 Å². The molecule has 0 aliphatic rings. The number of phosphoric acid groups is 1. The summed E-state index contributed by atoms with van der Waals surface area (Å²) in [6.07, 6.45) is -1.16. The summed E-state index contributed by atoms with van der Waals surface area (Å²) in [6.45, 7) is -0.0884. The van der Waals surface area contributed by atoms with Crippen molar-refractivity contribution in [2.75, 3.05) is 7.11 Å². The third kappa shape index (κ3) is 6.14. The number of carbonyl (C=O) groups is 1. The average Bonchev–Trinajstić information content (AvgIpc) is 2.65. The normalized spacial score (nSPS) is 11.0. The van der Waals surface area contributed by atoms with Crippen LogP contribution in [0.4, 0.5) is 4.79 Å². The molecule has 0 aliphatic heterocycles. The molecular weight excluding hydrogens is 335 g/mol. The number of ether oxygens (including phenoxy) is 1. The number of phosphoric ester groups is 1. The molecule has 0 amide bonds. The molecule has 0 radical (unpaired) electrons. The summed E-state index contributed by atoms with van der Waals surface area (Å²) in [7, 11) is -3.05. The topological polar surface area (TPSA) is 80.3 Å². The molecule has 2 aromatic carbocycles. The van der Waals surface area contributed by atoms with Gasteiger partial charge in [-0.25, -0.2) is 14.2 Å². The Labute approximate surface area is 139 Å². The fourth-order valence-electron chi connectivity index (χ4n) is 1.65. The summed E-state index contributed by atoms with van der Waals surface area (Å²) in [4.78, 5) is 15.3. The Morgan fingerprint density at radius 2 is 1.33 bits per heavy atom. The number of rotatable bonds is 8. The van der Waals surface area contributed by atoms with Crippen molar-refractivity contribution in [1.29, 1.82) is 0 Å². The van der Waals surface area contributed by atoms with Crippen molar-refractivity contribution in [1.82, 2.24) is 0 Å². The lowest BCUT2D eigenvalue weighted by Crippen LogP contribution is -2.07. The molecule has 7 nitrogen and oxygen atoms in total. The molecule has 128 valence electrons. The van der Waals surface area contributed by atoms with Gasteiger partial charge >= 0.3 is 14.0 Å². The molecule has 0 heterocycles. The molecule has 0 unspecified atom stereocenters. The Morgan fingerprint density at radius 3 is 1.75 bits per heavy atom. The zero-order valence-corrected chi connectivity index (χ0v) is 13.9. The van der Waals surface area contributed by atoms with E-state index in [9.17, 15) is 9.36 Å². The summed E-state index contributed by atoms with van der Waals surface area (Å²) >= 11 is 0. The lowest BCUT2D eigenvalue weighted by Gasteiger charge is -2.16. The first kappa shape index (κ1) is 18.2. The standard InChI is InChI=1S/C16H17O7P/c1-19-16(17)22-23-24(18,20-12-14-8-4-2-5-9-14)21-13-15-10-6-3-7-11-15/h2-11H,12-13H2,1H3. The molecule has 0 spiro atoms. The van der Waals surface area contributed by atoms with Crippen LogP contribution >= 0.6 is 7.82 Å². The summed E-state index contributed by atoms with van der Waals surface area (Å²) in [6, 6.07) is 18.0. The summed E-state index contributed by atoms with van der Waals surface area (Å²) in [5.41, 5.74) is 1.51. The molecule has 0 aromatic heterocycles. The van der Waals surface area contributed by atoms with Gasteiger partial charge in [0.15, 0.2) is 0 Å². The van der Waals surface area contributed by atoms with Crippen LogP contribution in [0.2, 0.25) is 0 Å². The van der Waals surface area contributed by atoms with Crippen molar-refractivity contribution in [2.24, 2.45) is 0 Å². The SMILES string of the molecule is COC(=O)OOP(=O)(OCc1ccccc1)OCc1ccccc1. The van der Waals surface area contributed by atoms with Crippen LogP contribution in [0.15, 0.2) is 60.7 Å². The van der Waals surface area contributed by atoms with Crippen LogP contribution in [-0.4, -0.2) is 13.3 Å². The van der Waals surface area contributed by atoms with Crippen LogP contribution in [0, 0.1) is 0 Å². The first-order valence-corrected chi connectivity index (χ1v) is 8.48. The zero-order valence-electron chi connectivity index (χ0n) is 13.0. The van der Waals surface area contributed by atoms with Gasteiger partial charge in [0.1, 0.15) is 0 Å². The average molecular weight is 352 g/mol. The minimum absolute atomic E-state index is 0.0442. The number of hydrogen-bond donors (Lipinski definition) is 0. The van der Waals surface area contributed by atoms with E-state index in [-0.39, 0.29) is 13.2 Å². The van der Waals surface area contributed by atoms with Crippen LogP contribution < -0.4 is 0 Å². The highest BCUT2D eigenvalue weighted by Crippen LogP contribution is 2.51. The number of methoxy groups -OCH3 is 1. The summed E-state index contributed by atoms with van der Waals surface area (Å²) < 4.78 is 31.8. The van der Waals surface area contributed by atoms with Gasteiger partial charge in [-0.2, -0.15) is 0 Å². The molecule has 0 atom stereocenters. The van der Waals surface area contributed by atoms with Crippen molar-refractivity contribution in [3.8, 4) is 0 Å². The molecule has 8 heteroatoms. The molecule has 2 aromatic rings. The number of hydrogen-bond acceptors (Lipinski definition) is 7. The number of carbonyl (C=O) groups excluding carboxylic acids is 1. The van der Waals surface area contributed by atoms with E-state index >= 15 is 0 Å². The Morgan fingerprint density at radius 1 is 0.875 bits per heavy atom. The molecule has 0 saturated heterocycles. The second kappa shape index (κ2) is 9.20. The molecular formula is C16H17O7P. The Bertz CT molecular complexity index is 628. The fraction of sp³-hybridized carbons (Fsp3) is 0.188. The van der Waals surface area contributed by atoms with Crippen LogP contribution in [0.25, 0.3) is 0 Å². The largest absolute Gasteiger partial charge is 0.540 e. The lowest BCUT2D eigenvalue weighted by atomic mass is 10.2. The number of benzene rings is 2. The molecule has 2 rings (SSSR count). The Balaban J connectivity index is 1.99. The van der Waals surface area contributed by atoms with E-state index in [2.05, 4.69) is 14.3 Å². The molecule has 0 N–H and O–H groups in total. The molecule has 0 aliphatic carbocycles. The molecule has 0 fully saturated rings. The summed E-state index contributed by atoms with van der Waals surface area (Å²) in [5.74, 6) is 0. The Kier molecular flexibility index (Phi) is 6.96. The van der Waals surface area contributed by atoms with E-state index in [0.29, 0.717) is 0 Å². The van der Waals surface area contributed by atoms with Gasteiger partial charge in [-0.1, -0.05) is 65.3 Å². The maximum absolute atomic E-state index is 12.6. The van der Waals surface area contributed by atoms with E-state index in [4.69, 9.17) is 9.05 Å². The Hall–Kier alpha value is -2.18. The minimum Gasteiger partial charge on any atom is -0.436 e. The highest BCUT2D eigenvalue weighted by molar-refractivity contribution is 7.48. The third-order valence-electron chi connectivity index (χ3n) is 2.83. The second-order valence-electron chi connectivity index (χ2n) is 4.58. The second-order valence-corrected chi connectivity index (χ2v) is 6.14. The lowest BCUT2D eigenvalue weighted by molar-refractivity contribution is -0.188. The predicted octanol–water partition coefficient (Wildman–Crippen LogP) is 4.24. The molecule has 24 heavy (non-hydrogen) atoms. The van der Waals surface area contributed by atoms with Crippen molar-refractivity contribution in [2.45, 2.75) is 13.2 Å². The van der Waals surface area contributed by atoms with Crippen LogP contribution in [0.3, 0.4) is 0 Å². The van der Waals surface area contributed by atoms with Gasteiger partial charge in [0, 0.05) is 0 Å². The van der Waals surface area contributed by atoms with Crippen molar-refractivity contribution < 1.29 is 32.7 Å². The van der Waals surface area contributed by atoms with E-state index in [1.165, 1.54) is 0 Å². The smallest absolute Gasteiger partial charge is 0.436 e. The van der Waals surface area contributed by atoms with Gasteiger partial charge < -0.3 is 4.74 Å². The molecule has 0 bridgehead atoms. The fourth-order valence-corrected chi connectivity index (χ4v) is 2.57. The first-order valence-electron chi connectivity index (χ1n) is 7.02. The highest BCUT2D eigenvalue weighted by Gasteiger charge is 2.31. The van der Waals surface area contributed by atoms with E-state index in [1.807, 2.05) is 12.1 Å². The van der Waals surface area contributed by atoms with Crippen LogP contribution in [0.1, 0.15) is 11.1 Å². The van der Waals surface area contributed by atoms with E-state index in [1.54, 1.807) is 48.5 Å². The van der Waals surface area contributed by atoms with Gasteiger partial charge in [-0.05, 0) is 11.1 Å². The first-order chi connectivity index (χ1) is 11.6. The quantitative estimate of drug-likeness (QED) is 0.304. The van der Waals surface area contributed by atoms with Crippen LogP contribution in [-0.2, 0) is 41.1 Å². The van der Waals surface area contributed by atoms with Gasteiger partial charge in [0.05, 0.1) is 20.3 Å². The van der Waals surface area contributed by atoms with E-state index < -0.39 is 14.0 Å².